The molecule has 0 heterocycles. The summed E-state index contributed by atoms with van der Waals surface area (Å²) in [5, 5.41) is 0. The fourth-order valence-corrected chi connectivity index (χ4v) is 0.933. The Bertz CT molecular complexity index is 107. The Morgan fingerprint density at radius 3 is 1.58 bits per heavy atom. The lowest BCUT2D eigenvalue weighted by Gasteiger charge is -2.05. The second kappa shape index (κ2) is 30.7. The van der Waals surface area contributed by atoms with Crippen molar-refractivity contribution in [1.82, 2.24) is 0 Å². The number of rotatable bonds is 11. The van der Waals surface area contributed by atoms with Crippen LogP contribution in [0.2, 0.25) is 0 Å². The molecule has 0 unspecified atom stereocenters. The van der Waals surface area contributed by atoms with Gasteiger partial charge in [0.1, 0.15) is 0 Å². The maximum absolute atomic E-state index is 5.34. The zero-order valence-electron chi connectivity index (χ0n) is 13.9. The monoisotopic (exact) mass is 281 g/mol. The van der Waals surface area contributed by atoms with Gasteiger partial charge in [-0.15, -0.1) is 0 Å². The van der Waals surface area contributed by atoms with Gasteiger partial charge in [-0.3, -0.25) is 0 Å². The fraction of sp³-hybridized carbons (Fsp3) is 1.00. The highest BCUT2D eigenvalue weighted by Gasteiger charge is 1.90. The van der Waals surface area contributed by atoms with E-state index in [4.69, 9.17) is 19.9 Å². The third-order valence-electron chi connectivity index (χ3n) is 1.69. The molecular weight excluding hydrogens is 242 g/mol. The van der Waals surface area contributed by atoms with E-state index in [9.17, 15) is 0 Å². The average Bonchev–Trinajstić information content (AvgIpc) is 2.44. The molecule has 0 saturated carbocycles. The first kappa shape index (κ1) is 23.9. The van der Waals surface area contributed by atoms with Crippen molar-refractivity contribution in [2.75, 3.05) is 46.2 Å². The van der Waals surface area contributed by atoms with Crippen LogP contribution in [0, 0.1) is 0 Å². The maximum Gasteiger partial charge on any atom is 0.0701 e. The summed E-state index contributed by atoms with van der Waals surface area (Å²) in [5.41, 5.74) is 5.34. The normalized spacial score (nSPS) is 9.16. The molecule has 2 N–H and O–H groups in total. The summed E-state index contributed by atoms with van der Waals surface area (Å²) in [4.78, 5) is 0. The van der Waals surface area contributed by atoms with E-state index >= 15 is 0 Å². The van der Waals surface area contributed by atoms with E-state index in [1.165, 1.54) is 6.42 Å². The highest BCUT2D eigenvalue weighted by Crippen LogP contribution is 1.87. The van der Waals surface area contributed by atoms with Crippen molar-refractivity contribution in [2.24, 2.45) is 5.73 Å². The Labute approximate surface area is 122 Å². The van der Waals surface area contributed by atoms with Crippen LogP contribution in [0.3, 0.4) is 0 Å². The molecule has 122 valence electrons. The number of ether oxygens (including phenoxy) is 3. The van der Waals surface area contributed by atoms with E-state index in [-0.39, 0.29) is 1.43 Å². The Morgan fingerprint density at radius 1 is 0.737 bits per heavy atom. The number of unbranched alkanes of at least 4 members (excludes halogenated alkanes) is 1. The summed E-state index contributed by atoms with van der Waals surface area (Å²) in [6.07, 6.45) is 3.32. The highest BCUT2D eigenvalue weighted by atomic mass is 16.5. The van der Waals surface area contributed by atoms with Gasteiger partial charge in [-0.1, -0.05) is 34.1 Å². The first-order chi connectivity index (χ1) is 9.33. The molecule has 0 aliphatic rings. The fourth-order valence-electron chi connectivity index (χ4n) is 0.933. The maximum atomic E-state index is 5.34. The third-order valence-corrected chi connectivity index (χ3v) is 1.69. The molecule has 0 saturated heterocycles. The van der Waals surface area contributed by atoms with E-state index in [0.29, 0.717) is 26.4 Å². The summed E-state index contributed by atoms with van der Waals surface area (Å²) in [6, 6.07) is 0. The van der Waals surface area contributed by atoms with Crippen LogP contribution in [0.5, 0.6) is 0 Å². The molecule has 0 aromatic rings. The van der Waals surface area contributed by atoms with Gasteiger partial charge in [0.05, 0.1) is 26.4 Å². The molecule has 4 heteroatoms. The molecular formula is C15H39NO3. The Hall–Kier alpha value is -0.160. The smallest absolute Gasteiger partial charge is 0.0701 e. The quantitative estimate of drug-likeness (QED) is 0.589. The average molecular weight is 281 g/mol. The van der Waals surface area contributed by atoms with E-state index in [1.54, 1.807) is 0 Å². The predicted molar refractivity (Wildman–Crippen MR) is 85.8 cm³/mol. The summed E-state index contributed by atoms with van der Waals surface area (Å²) >= 11 is 0. The number of nitrogens with two attached hydrogens (primary N) is 1. The standard InChI is InChI=1S/C10H23NO3.C3H8.C2H6.H2/c1-2-12-7-8-14-10-9-13-6-4-3-5-11;1-3-2;1-2;/h2-11H2,1H3;3H2,1-2H3;1-2H3;1H. The van der Waals surface area contributed by atoms with Gasteiger partial charge in [-0.2, -0.15) is 0 Å². The molecule has 0 atom stereocenters. The summed E-state index contributed by atoms with van der Waals surface area (Å²) in [7, 11) is 0. The molecule has 0 fully saturated rings. The van der Waals surface area contributed by atoms with E-state index < -0.39 is 0 Å². The minimum Gasteiger partial charge on any atom is -0.379 e. The Balaban J connectivity index is -0.000000187. The van der Waals surface area contributed by atoms with Gasteiger partial charge < -0.3 is 19.9 Å². The Kier molecular flexibility index (Phi) is 38.6. The van der Waals surface area contributed by atoms with Crippen molar-refractivity contribution >= 4 is 0 Å². The van der Waals surface area contributed by atoms with Crippen LogP contribution < -0.4 is 5.73 Å². The van der Waals surface area contributed by atoms with Crippen molar-refractivity contribution in [3.05, 3.63) is 0 Å². The van der Waals surface area contributed by atoms with Gasteiger partial charge in [0, 0.05) is 14.6 Å². The van der Waals surface area contributed by atoms with Gasteiger partial charge >= 0.3 is 0 Å². The van der Waals surface area contributed by atoms with Gasteiger partial charge in [0.2, 0.25) is 0 Å². The topological polar surface area (TPSA) is 53.7 Å². The molecule has 0 bridgehead atoms. The molecule has 0 amide bonds. The molecule has 0 aliphatic heterocycles. The van der Waals surface area contributed by atoms with Crippen molar-refractivity contribution in [3.8, 4) is 0 Å². The van der Waals surface area contributed by atoms with E-state index in [2.05, 4.69) is 13.8 Å². The zero-order chi connectivity index (χ0) is 15.2. The first-order valence-corrected chi connectivity index (χ1v) is 7.76. The van der Waals surface area contributed by atoms with Gasteiger partial charge in [0.25, 0.3) is 0 Å². The molecule has 19 heavy (non-hydrogen) atoms. The van der Waals surface area contributed by atoms with Crippen molar-refractivity contribution in [3.63, 3.8) is 0 Å². The second-order valence-corrected chi connectivity index (χ2v) is 3.62. The van der Waals surface area contributed by atoms with Gasteiger partial charge in [0.15, 0.2) is 0 Å². The van der Waals surface area contributed by atoms with Crippen molar-refractivity contribution in [2.45, 2.75) is 53.9 Å². The van der Waals surface area contributed by atoms with Gasteiger partial charge in [-0.25, -0.2) is 0 Å². The number of hydrogen-bond donors (Lipinski definition) is 1. The van der Waals surface area contributed by atoms with Crippen LogP contribution in [0.1, 0.15) is 55.3 Å². The lowest BCUT2D eigenvalue weighted by molar-refractivity contribution is 0.0164. The minimum absolute atomic E-state index is 0. The van der Waals surface area contributed by atoms with E-state index in [1.807, 2.05) is 20.8 Å². The van der Waals surface area contributed by atoms with Gasteiger partial charge in [-0.05, 0) is 26.3 Å². The lowest BCUT2D eigenvalue weighted by atomic mass is 10.3. The molecule has 0 rings (SSSR count). The molecule has 0 aliphatic carbocycles. The molecule has 0 spiro atoms. The zero-order valence-corrected chi connectivity index (χ0v) is 13.9. The summed E-state index contributed by atoms with van der Waals surface area (Å²) < 4.78 is 15.7. The predicted octanol–water partition coefficient (Wildman–Crippen LogP) is 3.48. The molecule has 0 aromatic carbocycles. The molecule has 4 nitrogen and oxygen atoms in total. The third kappa shape index (κ3) is 38.1. The lowest BCUT2D eigenvalue weighted by Crippen LogP contribution is -2.10. The Morgan fingerprint density at radius 2 is 1.16 bits per heavy atom. The summed E-state index contributed by atoms with van der Waals surface area (Å²) in [6.45, 7) is 15.1. The van der Waals surface area contributed by atoms with Crippen LogP contribution in [-0.4, -0.2) is 46.2 Å². The first-order valence-electron chi connectivity index (χ1n) is 7.76. The van der Waals surface area contributed by atoms with Crippen LogP contribution >= 0.6 is 0 Å². The second-order valence-electron chi connectivity index (χ2n) is 3.62. The van der Waals surface area contributed by atoms with E-state index in [0.717, 1.165) is 32.6 Å². The largest absolute Gasteiger partial charge is 0.379 e. The van der Waals surface area contributed by atoms with Crippen molar-refractivity contribution < 1.29 is 15.6 Å². The SMILES string of the molecule is CC.CCC.CCOCCOCCOCCCCN.[HH]. The van der Waals surface area contributed by atoms with Crippen LogP contribution in [0.25, 0.3) is 0 Å². The number of hydrogen-bond acceptors (Lipinski definition) is 4. The highest BCUT2D eigenvalue weighted by molar-refractivity contribution is 4.39. The van der Waals surface area contributed by atoms with Crippen molar-refractivity contribution in [1.29, 1.82) is 0 Å². The van der Waals surface area contributed by atoms with Crippen LogP contribution in [-0.2, 0) is 14.2 Å². The summed E-state index contributed by atoms with van der Waals surface area (Å²) in [5.74, 6) is 0. The van der Waals surface area contributed by atoms with Crippen LogP contribution in [0.4, 0.5) is 0 Å². The van der Waals surface area contributed by atoms with Crippen LogP contribution in [0.15, 0.2) is 0 Å². The minimum atomic E-state index is 0. The molecule has 0 aromatic heterocycles. The molecule has 0 radical (unpaired) electrons.